The Morgan fingerprint density at radius 1 is 1.24 bits per heavy atom. The molecule has 0 saturated heterocycles. The zero-order valence-electron chi connectivity index (χ0n) is 10.4. The molecule has 17 heavy (non-hydrogen) atoms. The van der Waals surface area contributed by atoms with Gasteiger partial charge in [-0.3, -0.25) is 0 Å². The number of rotatable bonds is 5. The van der Waals surface area contributed by atoms with Crippen molar-refractivity contribution in [1.82, 2.24) is 10.3 Å². The van der Waals surface area contributed by atoms with E-state index in [0.29, 0.717) is 0 Å². The molecule has 0 saturated carbocycles. The number of benzene rings is 1. The van der Waals surface area contributed by atoms with Crippen LogP contribution in [0.5, 0.6) is 0 Å². The Morgan fingerprint density at radius 3 is 2.71 bits per heavy atom. The van der Waals surface area contributed by atoms with Gasteiger partial charge in [-0.05, 0) is 25.5 Å². The number of hydrogen-bond acceptors (Lipinski definition) is 3. The number of aromatic nitrogens is 1. The third kappa shape index (κ3) is 3.14. The smallest absolute Gasteiger partial charge is 0.0904 e. The van der Waals surface area contributed by atoms with Crippen molar-refractivity contribution in [3.63, 3.8) is 0 Å². The van der Waals surface area contributed by atoms with E-state index in [2.05, 4.69) is 48.4 Å². The predicted octanol–water partition coefficient (Wildman–Crippen LogP) is 3.62. The molecule has 1 aromatic heterocycles. The van der Waals surface area contributed by atoms with Crippen molar-refractivity contribution < 1.29 is 0 Å². The summed E-state index contributed by atoms with van der Waals surface area (Å²) < 4.78 is 0. The monoisotopic (exact) mass is 246 g/mol. The van der Waals surface area contributed by atoms with Crippen molar-refractivity contribution in [2.75, 3.05) is 6.54 Å². The lowest BCUT2D eigenvalue weighted by atomic mass is 10.1. The summed E-state index contributed by atoms with van der Waals surface area (Å²) in [6, 6.07) is 10.5. The largest absolute Gasteiger partial charge is 0.311 e. The first-order valence-electron chi connectivity index (χ1n) is 6.03. The highest BCUT2D eigenvalue weighted by atomic mass is 32.1. The second-order valence-corrected chi connectivity index (χ2v) is 5.25. The number of hydrogen-bond donors (Lipinski definition) is 1. The van der Waals surface area contributed by atoms with Crippen LogP contribution < -0.4 is 5.32 Å². The highest BCUT2D eigenvalue weighted by molar-refractivity contribution is 7.15. The van der Waals surface area contributed by atoms with Gasteiger partial charge in [-0.1, -0.05) is 37.3 Å². The van der Waals surface area contributed by atoms with E-state index in [0.717, 1.165) is 24.5 Å². The molecule has 0 fully saturated rings. The molecule has 1 N–H and O–H groups in total. The minimum Gasteiger partial charge on any atom is -0.311 e. The molecule has 0 radical (unpaired) electrons. The SMILES string of the molecule is CCCNCc1nc(C)sc1-c1ccccc1. The molecule has 3 heteroatoms. The molecule has 0 aliphatic rings. The van der Waals surface area contributed by atoms with Crippen LogP contribution in [0.3, 0.4) is 0 Å². The van der Waals surface area contributed by atoms with E-state index in [1.807, 2.05) is 6.07 Å². The molecule has 2 nitrogen and oxygen atoms in total. The Labute approximate surface area is 107 Å². The summed E-state index contributed by atoms with van der Waals surface area (Å²) >= 11 is 1.77. The Bertz CT molecular complexity index is 462. The molecule has 1 aromatic carbocycles. The van der Waals surface area contributed by atoms with Gasteiger partial charge in [0.25, 0.3) is 0 Å². The number of thiazole rings is 1. The predicted molar refractivity (Wildman–Crippen MR) is 74.3 cm³/mol. The summed E-state index contributed by atoms with van der Waals surface area (Å²) in [5, 5.41) is 4.56. The molecular weight excluding hydrogens is 228 g/mol. The van der Waals surface area contributed by atoms with Crippen LogP contribution in [-0.2, 0) is 6.54 Å². The zero-order valence-corrected chi connectivity index (χ0v) is 11.2. The average Bonchev–Trinajstić information content (AvgIpc) is 2.72. The van der Waals surface area contributed by atoms with Crippen LogP contribution in [0.25, 0.3) is 10.4 Å². The highest BCUT2D eigenvalue weighted by Crippen LogP contribution is 2.29. The highest BCUT2D eigenvalue weighted by Gasteiger charge is 2.10. The van der Waals surface area contributed by atoms with Gasteiger partial charge < -0.3 is 5.32 Å². The summed E-state index contributed by atoms with van der Waals surface area (Å²) in [5.41, 5.74) is 2.44. The van der Waals surface area contributed by atoms with E-state index in [1.165, 1.54) is 16.1 Å². The van der Waals surface area contributed by atoms with E-state index in [9.17, 15) is 0 Å². The van der Waals surface area contributed by atoms with Crippen molar-refractivity contribution in [3.8, 4) is 10.4 Å². The third-order valence-corrected chi connectivity index (χ3v) is 3.62. The minimum absolute atomic E-state index is 0.863. The fourth-order valence-corrected chi connectivity index (χ4v) is 2.73. The Hall–Kier alpha value is -1.19. The molecule has 90 valence electrons. The summed E-state index contributed by atoms with van der Waals surface area (Å²) in [5.74, 6) is 0. The van der Waals surface area contributed by atoms with Crippen molar-refractivity contribution >= 4 is 11.3 Å². The maximum absolute atomic E-state index is 4.61. The van der Waals surface area contributed by atoms with Gasteiger partial charge in [-0.2, -0.15) is 0 Å². The number of nitrogens with zero attached hydrogens (tertiary/aromatic N) is 1. The first-order valence-corrected chi connectivity index (χ1v) is 6.85. The fourth-order valence-electron chi connectivity index (χ4n) is 1.79. The number of aryl methyl sites for hydroxylation is 1. The van der Waals surface area contributed by atoms with E-state index in [1.54, 1.807) is 11.3 Å². The van der Waals surface area contributed by atoms with Gasteiger partial charge in [0, 0.05) is 6.54 Å². The quantitative estimate of drug-likeness (QED) is 0.815. The van der Waals surface area contributed by atoms with Crippen LogP contribution in [-0.4, -0.2) is 11.5 Å². The van der Waals surface area contributed by atoms with E-state index >= 15 is 0 Å². The lowest BCUT2D eigenvalue weighted by molar-refractivity contribution is 0.667. The molecular formula is C14H18N2S. The van der Waals surface area contributed by atoms with Gasteiger partial charge in [-0.25, -0.2) is 4.98 Å². The normalized spacial score (nSPS) is 10.7. The van der Waals surface area contributed by atoms with Crippen molar-refractivity contribution in [3.05, 3.63) is 41.0 Å². The Balaban J connectivity index is 2.22. The Morgan fingerprint density at radius 2 is 2.00 bits per heavy atom. The number of nitrogens with one attached hydrogen (secondary N) is 1. The lowest BCUT2D eigenvalue weighted by Gasteiger charge is -2.03. The van der Waals surface area contributed by atoms with E-state index in [-0.39, 0.29) is 0 Å². The molecule has 0 spiro atoms. The molecule has 0 unspecified atom stereocenters. The first kappa shape index (κ1) is 12.3. The molecule has 0 aliphatic heterocycles. The molecule has 0 bridgehead atoms. The van der Waals surface area contributed by atoms with Gasteiger partial charge in [0.05, 0.1) is 15.6 Å². The van der Waals surface area contributed by atoms with Crippen LogP contribution >= 0.6 is 11.3 Å². The van der Waals surface area contributed by atoms with Gasteiger partial charge in [0.1, 0.15) is 0 Å². The summed E-state index contributed by atoms with van der Waals surface area (Å²) in [4.78, 5) is 5.91. The lowest BCUT2D eigenvalue weighted by Crippen LogP contribution is -2.14. The second-order valence-electron chi connectivity index (χ2n) is 4.05. The molecule has 0 atom stereocenters. The first-order chi connectivity index (χ1) is 8.31. The topological polar surface area (TPSA) is 24.9 Å². The van der Waals surface area contributed by atoms with Gasteiger partial charge >= 0.3 is 0 Å². The van der Waals surface area contributed by atoms with Crippen molar-refractivity contribution in [2.45, 2.75) is 26.8 Å². The average molecular weight is 246 g/mol. The fraction of sp³-hybridized carbons (Fsp3) is 0.357. The molecule has 0 aliphatic carbocycles. The summed E-state index contributed by atoms with van der Waals surface area (Å²) in [7, 11) is 0. The van der Waals surface area contributed by atoms with Crippen molar-refractivity contribution in [2.24, 2.45) is 0 Å². The van der Waals surface area contributed by atoms with Gasteiger partial charge in [0.15, 0.2) is 0 Å². The maximum atomic E-state index is 4.61. The van der Waals surface area contributed by atoms with Crippen LogP contribution in [0.4, 0.5) is 0 Å². The summed E-state index contributed by atoms with van der Waals surface area (Å²) in [6.45, 7) is 6.16. The maximum Gasteiger partial charge on any atom is 0.0904 e. The van der Waals surface area contributed by atoms with Gasteiger partial charge in [0.2, 0.25) is 0 Å². The van der Waals surface area contributed by atoms with Gasteiger partial charge in [-0.15, -0.1) is 11.3 Å². The Kier molecular flexibility index (Phi) is 4.29. The minimum atomic E-state index is 0.863. The van der Waals surface area contributed by atoms with E-state index in [4.69, 9.17) is 0 Å². The van der Waals surface area contributed by atoms with Crippen LogP contribution in [0, 0.1) is 6.92 Å². The van der Waals surface area contributed by atoms with E-state index < -0.39 is 0 Å². The molecule has 2 rings (SSSR count). The zero-order chi connectivity index (χ0) is 12.1. The third-order valence-electron chi connectivity index (χ3n) is 2.56. The van der Waals surface area contributed by atoms with Crippen molar-refractivity contribution in [1.29, 1.82) is 0 Å². The second kappa shape index (κ2) is 5.94. The van der Waals surface area contributed by atoms with Crippen LogP contribution in [0.15, 0.2) is 30.3 Å². The van der Waals surface area contributed by atoms with Crippen LogP contribution in [0.2, 0.25) is 0 Å². The summed E-state index contributed by atoms with van der Waals surface area (Å²) in [6.07, 6.45) is 1.16. The molecule has 0 amide bonds. The molecule has 1 heterocycles. The molecule has 2 aromatic rings. The standard InChI is InChI=1S/C14H18N2S/c1-3-9-15-10-13-14(17-11(2)16-13)12-7-5-4-6-8-12/h4-8,15H,3,9-10H2,1-2H3. The van der Waals surface area contributed by atoms with Crippen LogP contribution in [0.1, 0.15) is 24.0 Å².